The summed E-state index contributed by atoms with van der Waals surface area (Å²) in [6.07, 6.45) is 0.460. The van der Waals surface area contributed by atoms with Gasteiger partial charge in [0.05, 0.1) is 17.0 Å². The molecule has 1 aromatic carbocycles. The van der Waals surface area contributed by atoms with Gasteiger partial charge in [0.2, 0.25) is 0 Å². The Balaban J connectivity index is 0.00000200. The molecule has 2 rings (SSSR count). The van der Waals surface area contributed by atoms with Gasteiger partial charge >= 0.3 is 0 Å². The fraction of sp³-hybridized carbons (Fsp3) is 0.462. The maximum atomic E-state index is 12.1. The van der Waals surface area contributed by atoms with Crippen LogP contribution in [-0.4, -0.2) is 31.4 Å². The zero-order valence-electron chi connectivity index (χ0n) is 11.3. The number of amides is 1. The second-order valence-electron chi connectivity index (χ2n) is 5.26. The van der Waals surface area contributed by atoms with E-state index in [0.717, 1.165) is 5.56 Å². The van der Waals surface area contributed by atoms with Crippen LogP contribution < -0.4 is 11.1 Å². The quantitative estimate of drug-likeness (QED) is 0.865. The topological polar surface area (TPSA) is 89.3 Å². The first-order valence-corrected chi connectivity index (χ1v) is 7.98. The Morgan fingerprint density at radius 3 is 2.40 bits per heavy atom. The summed E-state index contributed by atoms with van der Waals surface area (Å²) in [4.78, 5) is 12.1. The van der Waals surface area contributed by atoms with Crippen LogP contribution in [0.1, 0.15) is 29.3 Å². The molecule has 1 aliphatic rings. The summed E-state index contributed by atoms with van der Waals surface area (Å²) in [6.45, 7) is 2.20. The van der Waals surface area contributed by atoms with Crippen molar-refractivity contribution in [2.45, 2.75) is 25.4 Å². The first-order valence-electron chi connectivity index (χ1n) is 6.16. The van der Waals surface area contributed by atoms with Crippen LogP contribution in [0.5, 0.6) is 0 Å². The average molecular weight is 319 g/mol. The monoisotopic (exact) mass is 318 g/mol. The number of carbonyl (C=O) groups excluding carboxylic acids is 1. The van der Waals surface area contributed by atoms with E-state index < -0.39 is 15.4 Å². The van der Waals surface area contributed by atoms with Gasteiger partial charge in [-0.1, -0.05) is 12.1 Å². The number of rotatable bonds is 3. The molecule has 0 saturated carbocycles. The molecule has 1 aliphatic heterocycles. The molecule has 1 saturated heterocycles. The van der Waals surface area contributed by atoms with Crippen LogP contribution in [0.25, 0.3) is 0 Å². The van der Waals surface area contributed by atoms with E-state index in [2.05, 4.69) is 5.32 Å². The molecule has 1 fully saturated rings. The lowest BCUT2D eigenvalue weighted by molar-refractivity contribution is 0.0915. The minimum absolute atomic E-state index is 0. The highest BCUT2D eigenvalue weighted by Crippen LogP contribution is 2.23. The van der Waals surface area contributed by atoms with Crippen LogP contribution in [0.15, 0.2) is 24.3 Å². The maximum Gasteiger partial charge on any atom is 0.251 e. The third-order valence-corrected chi connectivity index (χ3v) is 5.27. The van der Waals surface area contributed by atoms with Gasteiger partial charge in [-0.25, -0.2) is 8.42 Å². The molecule has 1 heterocycles. The van der Waals surface area contributed by atoms with Crippen molar-refractivity contribution >= 4 is 28.2 Å². The van der Waals surface area contributed by atoms with Crippen molar-refractivity contribution in [1.82, 2.24) is 5.32 Å². The van der Waals surface area contributed by atoms with Crippen molar-refractivity contribution < 1.29 is 13.2 Å². The van der Waals surface area contributed by atoms with Gasteiger partial charge in [-0.2, -0.15) is 0 Å². The predicted molar refractivity (Wildman–Crippen MR) is 80.7 cm³/mol. The van der Waals surface area contributed by atoms with Gasteiger partial charge in [-0.3, -0.25) is 4.79 Å². The van der Waals surface area contributed by atoms with E-state index in [1.54, 1.807) is 31.2 Å². The zero-order valence-corrected chi connectivity index (χ0v) is 12.9. The molecular weight excluding hydrogens is 300 g/mol. The van der Waals surface area contributed by atoms with Gasteiger partial charge < -0.3 is 11.1 Å². The van der Waals surface area contributed by atoms with Crippen LogP contribution >= 0.6 is 12.4 Å². The van der Waals surface area contributed by atoms with Gasteiger partial charge in [-0.15, -0.1) is 12.4 Å². The third kappa shape index (κ3) is 3.94. The molecule has 112 valence electrons. The summed E-state index contributed by atoms with van der Waals surface area (Å²) in [5, 5.41) is 2.82. The van der Waals surface area contributed by atoms with Gasteiger partial charge in [-0.05, 0) is 31.0 Å². The number of hydrogen-bond acceptors (Lipinski definition) is 4. The molecule has 3 N–H and O–H groups in total. The van der Waals surface area contributed by atoms with E-state index in [4.69, 9.17) is 5.73 Å². The molecule has 1 amide bonds. The molecule has 0 aliphatic carbocycles. The van der Waals surface area contributed by atoms with Gasteiger partial charge in [0.25, 0.3) is 5.91 Å². The third-order valence-electron chi connectivity index (χ3n) is 3.37. The SMILES string of the molecule is CC1(NC(=O)c2ccc(CN)cc2)CCS(=O)(=O)C1.Cl. The van der Waals surface area contributed by atoms with Crippen LogP contribution in [0.3, 0.4) is 0 Å². The lowest BCUT2D eigenvalue weighted by Gasteiger charge is -2.23. The summed E-state index contributed by atoms with van der Waals surface area (Å²) in [7, 11) is -3.02. The number of benzene rings is 1. The van der Waals surface area contributed by atoms with Crippen LogP contribution in [0.4, 0.5) is 0 Å². The van der Waals surface area contributed by atoms with Crippen molar-refractivity contribution in [2.24, 2.45) is 5.73 Å². The van der Waals surface area contributed by atoms with E-state index in [-0.39, 0.29) is 29.8 Å². The summed E-state index contributed by atoms with van der Waals surface area (Å²) in [6, 6.07) is 6.99. The largest absolute Gasteiger partial charge is 0.346 e. The minimum Gasteiger partial charge on any atom is -0.346 e. The fourth-order valence-electron chi connectivity index (χ4n) is 2.25. The second kappa shape index (κ2) is 6.11. The van der Waals surface area contributed by atoms with Crippen LogP contribution in [0, 0.1) is 0 Å². The molecule has 0 spiro atoms. The van der Waals surface area contributed by atoms with Crippen molar-refractivity contribution in [3.8, 4) is 0 Å². The molecule has 5 nitrogen and oxygen atoms in total. The average Bonchev–Trinajstić information content (AvgIpc) is 2.63. The molecule has 0 aromatic heterocycles. The highest BCUT2D eigenvalue weighted by Gasteiger charge is 2.39. The Morgan fingerprint density at radius 1 is 1.35 bits per heavy atom. The molecule has 20 heavy (non-hydrogen) atoms. The molecule has 1 unspecified atom stereocenters. The smallest absolute Gasteiger partial charge is 0.251 e. The zero-order chi connectivity index (χ0) is 14.1. The summed E-state index contributed by atoms with van der Waals surface area (Å²) in [5.74, 6) is -0.106. The molecule has 7 heteroatoms. The van der Waals surface area contributed by atoms with E-state index in [1.165, 1.54) is 0 Å². The summed E-state index contributed by atoms with van der Waals surface area (Å²) in [5.41, 5.74) is 6.29. The van der Waals surface area contributed by atoms with Crippen molar-refractivity contribution in [3.63, 3.8) is 0 Å². The Morgan fingerprint density at radius 2 is 1.95 bits per heavy atom. The highest BCUT2D eigenvalue weighted by atomic mass is 35.5. The highest BCUT2D eigenvalue weighted by molar-refractivity contribution is 7.91. The fourth-order valence-corrected chi connectivity index (χ4v) is 4.34. The Bertz CT molecular complexity index is 586. The Kier molecular flexibility index (Phi) is 5.18. The van der Waals surface area contributed by atoms with Crippen molar-refractivity contribution in [1.29, 1.82) is 0 Å². The van der Waals surface area contributed by atoms with Crippen molar-refractivity contribution in [3.05, 3.63) is 35.4 Å². The Labute approximate surface area is 125 Å². The predicted octanol–water partition coefficient (Wildman–Crippen LogP) is 0.874. The summed E-state index contributed by atoms with van der Waals surface area (Å²) >= 11 is 0. The number of sulfone groups is 1. The Hall–Kier alpha value is -1.11. The molecule has 1 aromatic rings. The van der Waals surface area contributed by atoms with Gasteiger partial charge in [0, 0.05) is 12.1 Å². The van der Waals surface area contributed by atoms with Crippen LogP contribution in [-0.2, 0) is 16.4 Å². The number of nitrogens with one attached hydrogen (secondary N) is 1. The second-order valence-corrected chi connectivity index (χ2v) is 7.44. The number of nitrogens with two attached hydrogens (primary N) is 1. The lowest BCUT2D eigenvalue weighted by Crippen LogP contribution is -2.46. The first-order chi connectivity index (χ1) is 8.84. The number of halogens is 1. The van der Waals surface area contributed by atoms with Gasteiger partial charge in [0.15, 0.2) is 9.84 Å². The summed E-state index contributed by atoms with van der Waals surface area (Å²) < 4.78 is 23.0. The molecular formula is C13H19ClN2O3S. The van der Waals surface area contributed by atoms with Gasteiger partial charge in [0.1, 0.15) is 0 Å². The van der Waals surface area contributed by atoms with Crippen LogP contribution in [0.2, 0.25) is 0 Å². The number of hydrogen-bond donors (Lipinski definition) is 2. The molecule has 0 radical (unpaired) electrons. The normalized spacial score (nSPS) is 23.9. The van der Waals surface area contributed by atoms with E-state index >= 15 is 0 Å². The minimum atomic E-state index is -3.02. The maximum absolute atomic E-state index is 12.1. The standard InChI is InChI=1S/C13H18N2O3S.ClH/c1-13(6-7-19(17,18)9-13)15-12(16)11-4-2-10(8-14)3-5-11;/h2-5H,6-9,14H2,1H3,(H,15,16);1H. The molecule has 0 bridgehead atoms. The molecule has 1 atom stereocenters. The number of carbonyl (C=O) groups is 1. The van der Waals surface area contributed by atoms with E-state index in [0.29, 0.717) is 18.5 Å². The van der Waals surface area contributed by atoms with E-state index in [9.17, 15) is 13.2 Å². The van der Waals surface area contributed by atoms with E-state index in [1.807, 2.05) is 0 Å². The van der Waals surface area contributed by atoms with Crippen molar-refractivity contribution in [2.75, 3.05) is 11.5 Å². The first kappa shape index (κ1) is 16.9. The lowest BCUT2D eigenvalue weighted by atomic mass is 10.0.